The predicted octanol–water partition coefficient (Wildman–Crippen LogP) is 3.71. The highest BCUT2D eigenvalue weighted by Gasteiger charge is 2.35. The number of hydrogen-bond donors (Lipinski definition) is 2. The van der Waals surface area contributed by atoms with Crippen molar-refractivity contribution in [2.45, 2.75) is 24.6 Å². The van der Waals surface area contributed by atoms with Gasteiger partial charge in [0.2, 0.25) is 0 Å². The molecule has 0 bridgehead atoms. The Morgan fingerprint density at radius 2 is 1.86 bits per heavy atom. The van der Waals surface area contributed by atoms with Gasteiger partial charge in [-0.05, 0) is 36.2 Å². The molecule has 0 unspecified atom stereocenters. The number of benzene rings is 1. The first-order valence-electron chi connectivity index (χ1n) is 6.48. The van der Waals surface area contributed by atoms with E-state index in [0.717, 1.165) is 18.1 Å². The van der Waals surface area contributed by atoms with Crippen molar-refractivity contribution in [1.29, 1.82) is 0 Å². The number of hydrogen-bond acceptors (Lipinski definition) is 3. The Labute approximate surface area is 131 Å². The van der Waals surface area contributed by atoms with Crippen LogP contribution < -0.4 is 5.73 Å². The zero-order valence-electron chi connectivity index (χ0n) is 11.3. The van der Waals surface area contributed by atoms with E-state index in [-0.39, 0.29) is 24.0 Å². The number of aromatic nitrogens is 1. The Bertz CT molecular complexity index is 673. The number of rotatable bonds is 2. The topological polar surface area (TPSA) is 59.1 Å². The van der Waals surface area contributed by atoms with E-state index in [1.165, 1.54) is 6.07 Å². The van der Waals surface area contributed by atoms with Gasteiger partial charge in [-0.15, -0.1) is 12.4 Å². The molecule has 0 radical (unpaired) electrons. The zero-order valence-corrected chi connectivity index (χ0v) is 12.2. The molecule has 1 heterocycles. The summed E-state index contributed by atoms with van der Waals surface area (Å²) in [6.45, 7) is 0. The van der Waals surface area contributed by atoms with Crippen LogP contribution in [0.5, 0.6) is 5.75 Å². The quantitative estimate of drug-likeness (QED) is 0.882. The summed E-state index contributed by atoms with van der Waals surface area (Å²) in [5, 5.41) is 9.46. The molecule has 1 aromatic carbocycles. The van der Waals surface area contributed by atoms with Crippen LogP contribution in [0, 0.1) is 0 Å². The fourth-order valence-corrected chi connectivity index (χ4v) is 2.32. The van der Waals surface area contributed by atoms with Gasteiger partial charge < -0.3 is 10.8 Å². The lowest BCUT2D eigenvalue weighted by Gasteiger charge is -2.10. The van der Waals surface area contributed by atoms with Gasteiger partial charge in [0.25, 0.3) is 0 Å². The third-order valence-corrected chi connectivity index (χ3v) is 3.60. The van der Waals surface area contributed by atoms with E-state index in [1.807, 2.05) is 6.07 Å². The highest BCUT2D eigenvalue weighted by molar-refractivity contribution is 5.85. The lowest BCUT2D eigenvalue weighted by atomic mass is 10.1. The van der Waals surface area contributed by atoms with Crippen LogP contribution in [0.25, 0.3) is 11.3 Å². The van der Waals surface area contributed by atoms with Gasteiger partial charge in [-0.3, -0.25) is 4.98 Å². The molecule has 22 heavy (non-hydrogen) atoms. The van der Waals surface area contributed by atoms with E-state index in [1.54, 1.807) is 12.3 Å². The number of halogens is 4. The van der Waals surface area contributed by atoms with Crippen LogP contribution in [0.4, 0.5) is 13.2 Å². The second kappa shape index (κ2) is 5.78. The molecular weight excluding hydrogens is 317 g/mol. The van der Waals surface area contributed by atoms with Crippen molar-refractivity contribution in [2.24, 2.45) is 5.73 Å². The van der Waals surface area contributed by atoms with Gasteiger partial charge in [-0.2, -0.15) is 13.2 Å². The number of nitrogens with zero attached hydrogens (tertiary/aromatic N) is 1. The van der Waals surface area contributed by atoms with E-state index in [9.17, 15) is 18.3 Å². The summed E-state index contributed by atoms with van der Waals surface area (Å²) in [6.07, 6.45) is -1.97. The third kappa shape index (κ3) is 3.34. The standard InChI is InChI=1S/C15H13F3N2O.ClH/c16-15(17,18)10-3-9(4-11(21)5-10)14-2-1-8(7-20-14)12-6-13(12)19;/h1-5,7,12-13,21H,6,19H2;1H/t12-,13+;/m0./s1. The second-order valence-corrected chi connectivity index (χ2v) is 5.25. The van der Waals surface area contributed by atoms with Crippen LogP contribution in [0.15, 0.2) is 36.5 Å². The van der Waals surface area contributed by atoms with Crippen molar-refractivity contribution in [3.63, 3.8) is 0 Å². The molecule has 1 fully saturated rings. The number of nitrogens with two attached hydrogens (primary N) is 1. The van der Waals surface area contributed by atoms with Gasteiger partial charge in [0.05, 0.1) is 11.3 Å². The lowest BCUT2D eigenvalue weighted by molar-refractivity contribution is -0.137. The second-order valence-electron chi connectivity index (χ2n) is 5.25. The SMILES string of the molecule is Cl.N[C@@H]1C[C@H]1c1ccc(-c2cc(O)cc(C(F)(F)F)c2)nc1. The molecule has 0 saturated heterocycles. The molecule has 118 valence electrons. The molecule has 1 aromatic heterocycles. The predicted molar refractivity (Wildman–Crippen MR) is 78.9 cm³/mol. The van der Waals surface area contributed by atoms with Gasteiger partial charge in [0.1, 0.15) is 5.75 Å². The Kier molecular flexibility index (Phi) is 4.35. The van der Waals surface area contributed by atoms with E-state index in [2.05, 4.69) is 4.98 Å². The van der Waals surface area contributed by atoms with E-state index >= 15 is 0 Å². The van der Waals surface area contributed by atoms with Crippen molar-refractivity contribution >= 4 is 12.4 Å². The van der Waals surface area contributed by atoms with Crippen molar-refractivity contribution in [2.75, 3.05) is 0 Å². The van der Waals surface area contributed by atoms with Crippen molar-refractivity contribution in [3.8, 4) is 17.0 Å². The van der Waals surface area contributed by atoms with E-state index in [0.29, 0.717) is 17.7 Å². The summed E-state index contributed by atoms with van der Waals surface area (Å²) in [5.74, 6) is -0.142. The van der Waals surface area contributed by atoms with Gasteiger partial charge in [0.15, 0.2) is 0 Å². The Morgan fingerprint density at radius 1 is 1.18 bits per heavy atom. The molecule has 0 spiro atoms. The normalized spacial score (nSPS) is 20.4. The minimum atomic E-state index is -4.51. The number of alkyl halides is 3. The van der Waals surface area contributed by atoms with Gasteiger partial charge in [0, 0.05) is 23.7 Å². The average molecular weight is 331 g/mol. The summed E-state index contributed by atoms with van der Waals surface area (Å²) in [5.41, 5.74) is 6.46. The largest absolute Gasteiger partial charge is 0.508 e. The average Bonchev–Trinajstić information content (AvgIpc) is 3.14. The molecular formula is C15H14ClF3N2O. The molecule has 2 atom stereocenters. The molecule has 1 aliphatic rings. The smallest absolute Gasteiger partial charge is 0.416 e. The maximum atomic E-state index is 12.7. The van der Waals surface area contributed by atoms with Gasteiger partial charge in [-0.25, -0.2) is 0 Å². The molecule has 3 N–H and O–H groups in total. The number of phenolic OH excluding ortho intramolecular Hbond substituents is 1. The maximum absolute atomic E-state index is 12.7. The summed E-state index contributed by atoms with van der Waals surface area (Å²) in [6, 6.07) is 6.55. The van der Waals surface area contributed by atoms with Crippen LogP contribution in [-0.4, -0.2) is 16.1 Å². The molecule has 0 amide bonds. The Hall–Kier alpha value is -1.79. The first-order valence-corrected chi connectivity index (χ1v) is 6.48. The molecule has 2 aromatic rings. The maximum Gasteiger partial charge on any atom is 0.416 e. The van der Waals surface area contributed by atoms with Crippen molar-refractivity contribution < 1.29 is 18.3 Å². The molecule has 0 aliphatic heterocycles. The van der Waals surface area contributed by atoms with Crippen molar-refractivity contribution in [3.05, 3.63) is 47.7 Å². The van der Waals surface area contributed by atoms with Crippen molar-refractivity contribution in [1.82, 2.24) is 4.98 Å². The highest BCUT2D eigenvalue weighted by Crippen LogP contribution is 2.39. The number of pyridine rings is 1. The van der Waals surface area contributed by atoms with E-state index < -0.39 is 17.5 Å². The van der Waals surface area contributed by atoms with Crippen LogP contribution in [0.3, 0.4) is 0 Å². The summed E-state index contributed by atoms with van der Waals surface area (Å²) < 4.78 is 38.2. The summed E-state index contributed by atoms with van der Waals surface area (Å²) in [4.78, 5) is 4.17. The fourth-order valence-electron chi connectivity index (χ4n) is 2.32. The Balaban J connectivity index is 0.00000176. The third-order valence-electron chi connectivity index (χ3n) is 3.60. The van der Waals surface area contributed by atoms with Crippen LogP contribution in [-0.2, 0) is 6.18 Å². The van der Waals surface area contributed by atoms with Crippen LogP contribution >= 0.6 is 12.4 Å². The van der Waals surface area contributed by atoms with Gasteiger partial charge >= 0.3 is 6.18 Å². The molecule has 1 saturated carbocycles. The first-order chi connectivity index (χ1) is 9.84. The van der Waals surface area contributed by atoms with Gasteiger partial charge in [-0.1, -0.05) is 6.07 Å². The van der Waals surface area contributed by atoms with Crippen LogP contribution in [0.2, 0.25) is 0 Å². The fraction of sp³-hybridized carbons (Fsp3) is 0.267. The molecule has 1 aliphatic carbocycles. The zero-order chi connectivity index (χ0) is 15.2. The lowest BCUT2D eigenvalue weighted by Crippen LogP contribution is -2.05. The first kappa shape index (κ1) is 16.6. The molecule has 3 nitrogen and oxygen atoms in total. The molecule has 3 rings (SSSR count). The number of aromatic hydroxyl groups is 1. The minimum Gasteiger partial charge on any atom is -0.508 e. The number of phenols is 1. The van der Waals surface area contributed by atoms with Crippen LogP contribution in [0.1, 0.15) is 23.5 Å². The summed E-state index contributed by atoms with van der Waals surface area (Å²) >= 11 is 0. The highest BCUT2D eigenvalue weighted by atomic mass is 35.5. The Morgan fingerprint density at radius 3 is 2.36 bits per heavy atom. The van der Waals surface area contributed by atoms with E-state index in [4.69, 9.17) is 5.73 Å². The summed E-state index contributed by atoms with van der Waals surface area (Å²) in [7, 11) is 0. The molecule has 7 heteroatoms. The monoisotopic (exact) mass is 330 g/mol. The minimum absolute atomic E-state index is 0.